The Hall–Kier alpha value is -3.06. The quantitative estimate of drug-likeness (QED) is 0.0396. The van der Waals surface area contributed by atoms with Gasteiger partial charge in [0.25, 0.3) is 0 Å². The number of aldehydes is 1. The van der Waals surface area contributed by atoms with Crippen LogP contribution in [0.4, 0.5) is 0 Å². The van der Waals surface area contributed by atoms with Crippen molar-refractivity contribution in [1.82, 2.24) is 16.0 Å². The second-order valence-electron chi connectivity index (χ2n) is 14.2. The number of aliphatic carboxylic acids is 2. The second kappa shape index (κ2) is 32.6. The summed E-state index contributed by atoms with van der Waals surface area (Å²) in [6.45, 7) is 1.70. The van der Waals surface area contributed by atoms with E-state index in [-0.39, 0.29) is 62.8 Å². The molecule has 0 aromatic carbocycles. The summed E-state index contributed by atoms with van der Waals surface area (Å²) >= 11 is 0. The van der Waals surface area contributed by atoms with Crippen LogP contribution in [0.1, 0.15) is 154 Å². The number of rotatable bonds is 35. The van der Waals surface area contributed by atoms with Gasteiger partial charge in [-0.15, -0.1) is 0 Å². The molecular weight excluding hydrogens is 670 g/mol. The molecular formula is C39H69N3O10. The van der Waals surface area contributed by atoms with Crippen LogP contribution in [-0.2, 0) is 38.2 Å². The number of ether oxygens (including phenoxy) is 2. The van der Waals surface area contributed by atoms with Crippen molar-refractivity contribution in [3.63, 3.8) is 0 Å². The molecule has 0 aromatic rings. The van der Waals surface area contributed by atoms with E-state index in [1.54, 1.807) is 0 Å². The average molecular weight is 740 g/mol. The van der Waals surface area contributed by atoms with Gasteiger partial charge in [0.05, 0.1) is 19.8 Å². The van der Waals surface area contributed by atoms with Gasteiger partial charge in [-0.3, -0.25) is 19.2 Å². The third-order valence-electron chi connectivity index (χ3n) is 9.75. The Morgan fingerprint density at radius 2 is 1.12 bits per heavy atom. The molecule has 0 saturated heterocycles. The average Bonchev–Trinajstić information content (AvgIpc) is 3.12. The highest BCUT2D eigenvalue weighted by Crippen LogP contribution is 2.29. The van der Waals surface area contributed by atoms with Gasteiger partial charge in [0.15, 0.2) is 0 Å². The van der Waals surface area contributed by atoms with Gasteiger partial charge in [-0.25, -0.2) is 4.79 Å². The zero-order chi connectivity index (χ0) is 38.1. The minimum atomic E-state index is -1.18. The number of carboxylic acid groups (broad SMARTS) is 2. The maximum atomic E-state index is 12.8. The lowest BCUT2D eigenvalue weighted by atomic mass is 9.81. The molecule has 3 amide bonds. The first-order valence-electron chi connectivity index (χ1n) is 20.1. The first-order chi connectivity index (χ1) is 25.2. The molecule has 0 aromatic heterocycles. The Balaban J connectivity index is 2.00. The molecule has 0 unspecified atom stereocenters. The number of unbranched alkanes of at least 4 members (excludes halogenated alkanes) is 15. The number of amides is 3. The van der Waals surface area contributed by atoms with Crippen molar-refractivity contribution < 1.29 is 48.5 Å². The Kier molecular flexibility index (Phi) is 29.4. The van der Waals surface area contributed by atoms with Gasteiger partial charge in [-0.2, -0.15) is 0 Å². The Morgan fingerprint density at radius 3 is 1.63 bits per heavy atom. The number of hydrogen-bond acceptors (Lipinski definition) is 8. The number of hydrogen-bond donors (Lipinski definition) is 5. The van der Waals surface area contributed by atoms with Crippen molar-refractivity contribution in [1.29, 1.82) is 0 Å². The summed E-state index contributed by atoms with van der Waals surface area (Å²) in [5, 5.41) is 26.6. The van der Waals surface area contributed by atoms with Crippen LogP contribution in [-0.4, -0.2) is 91.7 Å². The summed E-state index contributed by atoms with van der Waals surface area (Å²) in [4.78, 5) is 69.7. The van der Waals surface area contributed by atoms with Gasteiger partial charge >= 0.3 is 11.9 Å². The Bertz CT molecular complexity index is 987. The summed E-state index contributed by atoms with van der Waals surface area (Å²) in [6.07, 6.45) is 23.2. The molecule has 0 aliphatic heterocycles. The van der Waals surface area contributed by atoms with E-state index in [1.165, 1.54) is 70.6 Å². The normalized spacial score (nSPS) is 16.2. The van der Waals surface area contributed by atoms with Crippen LogP contribution in [0.2, 0.25) is 0 Å². The topological polar surface area (TPSA) is 197 Å². The predicted octanol–water partition coefficient (Wildman–Crippen LogP) is 5.71. The van der Waals surface area contributed by atoms with Crippen LogP contribution >= 0.6 is 0 Å². The van der Waals surface area contributed by atoms with Crippen molar-refractivity contribution in [2.75, 3.05) is 39.5 Å². The number of carbonyl (C=O) groups excluding carboxylic acids is 4. The van der Waals surface area contributed by atoms with Crippen LogP contribution in [0.15, 0.2) is 0 Å². The van der Waals surface area contributed by atoms with E-state index in [1.807, 2.05) is 0 Å². The fourth-order valence-electron chi connectivity index (χ4n) is 6.54. The first kappa shape index (κ1) is 47.0. The van der Waals surface area contributed by atoms with E-state index in [2.05, 4.69) is 16.0 Å². The van der Waals surface area contributed by atoms with Crippen molar-refractivity contribution in [3.05, 3.63) is 0 Å². The molecule has 1 aliphatic rings. The highest BCUT2D eigenvalue weighted by Gasteiger charge is 2.29. The molecule has 1 fully saturated rings. The molecule has 52 heavy (non-hydrogen) atoms. The molecule has 1 saturated carbocycles. The monoisotopic (exact) mass is 739 g/mol. The standard InChI is InChI=1S/C39H69N3O10/c43-26-28-52-30-29-51-27-25-40-36(45)24-23-34(39(49)50)42-38(48)33-21-19-32(20-22-33)31-41-35(44)17-15-13-11-9-7-5-3-1-2-4-6-8-10-12-14-16-18-37(46)47/h26,32-34H,1-25,27-31H2,(H,40,45)(H,41,44)(H,42,48)(H,46,47)(H,49,50)/t32-,33-,34-/m0/s1. The molecule has 5 N–H and O–H groups in total. The summed E-state index contributed by atoms with van der Waals surface area (Å²) in [7, 11) is 0. The maximum Gasteiger partial charge on any atom is 0.326 e. The van der Waals surface area contributed by atoms with Crippen molar-refractivity contribution in [3.8, 4) is 0 Å². The van der Waals surface area contributed by atoms with Crippen LogP contribution in [0.5, 0.6) is 0 Å². The van der Waals surface area contributed by atoms with Gasteiger partial charge < -0.3 is 40.4 Å². The van der Waals surface area contributed by atoms with Gasteiger partial charge in [-0.05, 0) is 50.9 Å². The van der Waals surface area contributed by atoms with E-state index < -0.39 is 18.0 Å². The fraction of sp³-hybridized carbons (Fsp3) is 0.846. The van der Waals surface area contributed by atoms with Crippen LogP contribution < -0.4 is 16.0 Å². The van der Waals surface area contributed by atoms with E-state index in [4.69, 9.17) is 14.6 Å². The Labute approximate surface area is 311 Å². The van der Waals surface area contributed by atoms with Crippen LogP contribution in [0.25, 0.3) is 0 Å². The largest absolute Gasteiger partial charge is 0.481 e. The molecule has 13 heteroatoms. The third kappa shape index (κ3) is 27.6. The molecule has 0 radical (unpaired) electrons. The molecule has 1 atom stereocenters. The second-order valence-corrected chi connectivity index (χ2v) is 14.2. The molecule has 13 nitrogen and oxygen atoms in total. The molecule has 0 bridgehead atoms. The van der Waals surface area contributed by atoms with Crippen LogP contribution in [0, 0.1) is 11.8 Å². The minimum absolute atomic E-state index is 0.0101. The fourth-order valence-corrected chi connectivity index (χ4v) is 6.54. The Morgan fingerprint density at radius 1 is 0.615 bits per heavy atom. The van der Waals surface area contributed by atoms with Gasteiger partial charge in [0, 0.05) is 38.3 Å². The molecule has 300 valence electrons. The number of carboxylic acids is 2. The van der Waals surface area contributed by atoms with Gasteiger partial charge in [-0.1, -0.05) is 89.9 Å². The van der Waals surface area contributed by atoms with E-state index in [0.29, 0.717) is 51.0 Å². The lowest BCUT2D eigenvalue weighted by Gasteiger charge is -2.28. The number of carbonyl (C=O) groups is 6. The summed E-state index contributed by atoms with van der Waals surface area (Å²) < 4.78 is 10.2. The molecule has 0 heterocycles. The third-order valence-corrected chi connectivity index (χ3v) is 9.75. The SMILES string of the molecule is O=CCOCCOCCNC(=O)CC[C@H](NC(=O)[C@H]1CC[C@H](CNC(=O)CCCCCCCCCCCCCCCCCCC(=O)O)CC1)C(=O)O. The summed E-state index contributed by atoms with van der Waals surface area (Å²) in [5.74, 6) is -2.38. The predicted molar refractivity (Wildman–Crippen MR) is 199 cm³/mol. The minimum Gasteiger partial charge on any atom is -0.481 e. The van der Waals surface area contributed by atoms with E-state index in [0.717, 1.165) is 44.9 Å². The zero-order valence-corrected chi connectivity index (χ0v) is 31.7. The van der Waals surface area contributed by atoms with E-state index >= 15 is 0 Å². The lowest BCUT2D eigenvalue weighted by molar-refractivity contribution is -0.143. The van der Waals surface area contributed by atoms with Crippen molar-refractivity contribution in [2.45, 2.75) is 160 Å². The van der Waals surface area contributed by atoms with Gasteiger partial charge in [0.2, 0.25) is 17.7 Å². The molecule has 1 rings (SSSR count). The summed E-state index contributed by atoms with van der Waals surface area (Å²) in [6, 6.07) is -1.14. The van der Waals surface area contributed by atoms with Crippen molar-refractivity contribution >= 4 is 35.9 Å². The first-order valence-corrected chi connectivity index (χ1v) is 20.1. The van der Waals surface area contributed by atoms with E-state index in [9.17, 15) is 33.9 Å². The highest BCUT2D eigenvalue weighted by atomic mass is 16.5. The zero-order valence-electron chi connectivity index (χ0n) is 31.7. The van der Waals surface area contributed by atoms with Gasteiger partial charge in [0.1, 0.15) is 18.9 Å². The summed E-state index contributed by atoms with van der Waals surface area (Å²) in [5.41, 5.74) is 0. The smallest absolute Gasteiger partial charge is 0.326 e. The lowest BCUT2D eigenvalue weighted by Crippen LogP contribution is -2.45. The van der Waals surface area contributed by atoms with Crippen LogP contribution in [0.3, 0.4) is 0 Å². The number of nitrogens with one attached hydrogen (secondary N) is 3. The van der Waals surface area contributed by atoms with Crippen molar-refractivity contribution in [2.24, 2.45) is 11.8 Å². The molecule has 1 aliphatic carbocycles. The highest BCUT2D eigenvalue weighted by molar-refractivity contribution is 5.85. The maximum absolute atomic E-state index is 12.8. The molecule has 0 spiro atoms.